The van der Waals surface area contributed by atoms with E-state index in [2.05, 4.69) is 16.4 Å². The fourth-order valence-corrected chi connectivity index (χ4v) is 3.64. The zero-order valence-electron chi connectivity index (χ0n) is 14.1. The van der Waals surface area contributed by atoms with Crippen molar-refractivity contribution in [1.82, 2.24) is 10.3 Å². The van der Waals surface area contributed by atoms with E-state index < -0.39 is 6.04 Å². The molecule has 0 saturated heterocycles. The Bertz CT molecular complexity index is 649. The van der Waals surface area contributed by atoms with Gasteiger partial charge >= 0.3 is 0 Å². The highest BCUT2D eigenvalue weighted by atomic mass is 35.5. The SMILES string of the molecule is Cl.N[C@@H](Cc1c[nH]c2ccccc12)C(=O)NCCC1CCCCC1. The second-order valence-corrected chi connectivity index (χ2v) is 6.75. The maximum atomic E-state index is 12.2. The Kier molecular flexibility index (Phi) is 7.13. The number of aromatic nitrogens is 1. The molecule has 0 bridgehead atoms. The number of hydrogen-bond acceptors (Lipinski definition) is 2. The van der Waals surface area contributed by atoms with Crippen LogP contribution in [0.5, 0.6) is 0 Å². The zero-order chi connectivity index (χ0) is 16.1. The molecule has 24 heavy (non-hydrogen) atoms. The fraction of sp³-hybridized carbons (Fsp3) is 0.526. The summed E-state index contributed by atoms with van der Waals surface area (Å²) in [6.07, 6.45) is 10.3. The maximum Gasteiger partial charge on any atom is 0.237 e. The zero-order valence-corrected chi connectivity index (χ0v) is 14.9. The van der Waals surface area contributed by atoms with Gasteiger partial charge < -0.3 is 16.0 Å². The lowest BCUT2D eigenvalue weighted by atomic mass is 9.87. The van der Waals surface area contributed by atoms with Crippen LogP contribution in [-0.4, -0.2) is 23.5 Å². The molecule has 1 amide bonds. The molecular formula is C19H28ClN3O. The van der Waals surface area contributed by atoms with Crippen LogP contribution in [0.4, 0.5) is 0 Å². The summed E-state index contributed by atoms with van der Waals surface area (Å²) in [4.78, 5) is 15.4. The highest BCUT2D eigenvalue weighted by molar-refractivity contribution is 5.86. The standard InChI is InChI=1S/C19H27N3O.ClH/c20-17(12-15-13-22-18-9-5-4-8-16(15)18)19(23)21-11-10-14-6-2-1-3-7-14;/h4-5,8-9,13-14,17,22H,1-3,6-7,10-12,20H2,(H,21,23);1H/t17-;/m0./s1. The number of amides is 1. The normalized spacial score (nSPS) is 16.5. The summed E-state index contributed by atoms with van der Waals surface area (Å²) < 4.78 is 0. The Morgan fingerprint density at radius 2 is 2.00 bits per heavy atom. The molecular weight excluding hydrogens is 322 g/mol. The molecule has 3 rings (SSSR count). The molecule has 4 nitrogen and oxygen atoms in total. The molecule has 132 valence electrons. The van der Waals surface area contributed by atoms with Gasteiger partial charge in [0.15, 0.2) is 0 Å². The second-order valence-electron chi connectivity index (χ2n) is 6.75. The minimum absolute atomic E-state index is 0. The van der Waals surface area contributed by atoms with Crippen molar-refractivity contribution in [2.24, 2.45) is 11.7 Å². The molecule has 0 spiro atoms. The van der Waals surface area contributed by atoms with Gasteiger partial charge in [0.05, 0.1) is 6.04 Å². The van der Waals surface area contributed by atoms with Crippen molar-refractivity contribution in [3.63, 3.8) is 0 Å². The molecule has 0 unspecified atom stereocenters. The summed E-state index contributed by atoms with van der Waals surface area (Å²) in [5.74, 6) is 0.750. The van der Waals surface area contributed by atoms with E-state index in [-0.39, 0.29) is 18.3 Å². The van der Waals surface area contributed by atoms with E-state index in [0.717, 1.165) is 35.3 Å². The Labute approximate surface area is 150 Å². The van der Waals surface area contributed by atoms with Gasteiger partial charge in [-0.3, -0.25) is 4.79 Å². The van der Waals surface area contributed by atoms with Crippen LogP contribution in [-0.2, 0) is 11.2 Å². The van der Waals surface area contributed by atoms with Gasteiger partial charge in [0, 0.05) is 23.6 Å². The van der Waals surface area contributed by atoms with Crippen LogP contribution in [0.3, 0.4) is 0 Å². The number of nitrogens with two attached hydrogens (primary N) is 1. The predicted molar refractivity (Wildman–Crippen MR) is 101 cm³/mol. The fourth-order valence-electron chi connectivity index (χ4n) is 3.64. The van der Waals surface area contributed by atoms with E-state index in [4.69, 9.17) is 5.73 Å². The summed E-state index contributed by atoms with van der Waals surface area (Å²) in [5.41, 5.74) is 8.29. The van der Waals surface area contributed by atoms with Crippen LogP contribution in [0.25, 0.3) is 10.9 Å². The highest BCUT2D eigenvalue weighted by Gasteiger charge is 2.17. The molecule has 0 radical (unpaired) electrons. The molecule has 1 atom stereocenters. The van der Waals surface area contributed by atoms with Gasteiger partial charge in [0.2, 0.25) is 5.91 Å². The van der Waals surface area contributed by atoms with Crippen LogP contribution in [0.15, 0.2) is 30.5 Å². The third-order valence-electron chi connectivity index (χ3n) is 5.03. The average molecular weight is 350 g/mol. The maximum absolute atomic E-state index is 12.2. The first-order chi connectivity index (χ1) is 11.2. The van der Waals surface area contributed by atoms with Gasteiger partial charge in [-0.15, -0.1) is 12.4 Å². The summed E-state index contributed by atoms with van der Waals surface area (Å²) >= 11 is 0. The number of aromatic amines is 1. The first-order valence-electron chi connectivity index (χ1n) is 8.82. The monoisotopic (exact) mass is 349 g/mol. The minimum Gasteiger partial charge on any atom is -0.361 e. The Morgan fingerprint density at radius 3 is 2.79 bits per heavy atom. The van der Waals surface area contributed by atoms with Gasteiger partial charge in [0.1, 0.15) is 0 Å². The molecule has 4 N–H and O–H groups in total. The van der Waals surface area contributed by atoms with Crippen molar-refractivity contribution in [3.8, 4) is 0 Å². The lowest BCUT2D eigenvalue weighted by Gasteiger charge is -2.21. The summed E-state index contributed by atoms with van der Waals surface area (Å²) in [5, 5.41) is 4.17. The van der Waals surface area contributed by atoms with Crippen LogP contribution >= 0.6 is 12.4 Å². The second kappa shape index (κ2) is 9.09. The summed E-state index contributed by atoms with van der Waals surface area (Å²) in [6.45, 7) is 0.755. The molecule has 2 aromatic rings. The molecule has 1 aromatic carbocycles. The molecule has 1 fully saturated rings. The highest BCUT2D eigenvalue weighted by Crippen LogP contribution is 2.25. The average Bonchev–Trinajstić information content (AvgIpc) is 2.99. The minimum atomic E-state index is -0.486. The third-order valence-corrected chi connectivity index (χ3v) is 5.03. The molecule has 1 aliphatic carbocycles. The van der Waals surface area contributed by atoms with Crippen LogP contribution in [0.2, 0.25) is 0 Å². The third kappa shape index (κ3) is 4.74. The van der Waals surface area contributed by atoms with Gasteiger partial charge in [-0.2, -0.15) is 0 Å². The van der Waals surface area contributed by atoms with Crippen molar-refractivity contribution in [2.75, 3.05) is 6.54 Å². The molecule has 1 heterocycles. The molecule has 1 aromatic heterocycles. The van der Waals surface area contributed by atoms with Gasteiger partial charge in [-0.05, 0) is 30.4 Å². The number of H-pyrrole nitrogens is 1. The molecule has 5 heteroatoms. The first kappa shape index (κ1) is 18.8. The Balaban J connectivity index is 0.00000208. The number of halogens is 1. The number of hydrogen-bond donors (Lipinski definition) is 3. The lowest BCUT2D eigenvalue weighted by molar-refractivity contribution is -0.122. The summed E-state index contributed by atoms with van der Waals surface area (Å²) in [7, 11) is 0. The Hall–Kier alpha value is -1.52. The first-order valence-corrected chi connectivity index (χ1v) is 8.82. The van der Waals surface area contributed by atoms with E-state index >= 15 is 0 Å². The number of benzene rings is 1. The van der Waals surface area contributed by atoms with Crippen LogP contribution in [0, 0.1) is 5.92 Å². The number of para-hydroxylation sites is 1. The largest absolute Gasteiger partial charge is 0.361 e. The molecule has 1 aliphatic rings. The van der Waals surface area contributed by atoms with E-state index in [0.29, 0.717) is 6.42 Å². The Morgan fingerprint density at radius 1 is 1.25 bits per heavy atom. The number of nitrogens with one attached hydrogen (secondary N) is 2. The van der Waals surface area contributed by atoms with E-state index in [1.165, 1.54) is 32.1 Å². The molecule has 1 saturated carbocycles. The van der Waals surface area contributed by atoms with E-state index in [1.807, 2.05) is 24.4 Å². The lowest BCUT2D eigenvalue weighted by Crippen LogP contribution is -2.42. The smallest absolute Gasteiger partial charge is 0.237 e. The number of carbonyl (C=O) groups excluding carboxylic acids is 1. The van der Waals surface area contributed by atoms with Crippen molar-refractivity contribution < 1.29 is 4.79 Å². The van der Waals surface area contributed by atoms with Crippen molar-refractivity contribution in [3.05, 3.63) is 36.0 Å². The van der Waals surface area contributed by atoms with Gasteiger partial charge in [0.25, 0.3) is 0 Å². The predicted octanol–water partition coefficient (Wildman–Crippen LogP) is 3.55. The molecule has 0 aliphatic heterocycles. The quantitative estimate of drug-likeness (QED) is 0.746. The van der Waals surface area contributed by atoms with Crippen LogP contribution in [0.1, 0.15) is 44.1 Å². The van der Waals surface area contributed by atoms with Crippen molar-refractivity contribution >= 4 is 29.2 Å². The van der Waals surface area contributed by atoms with E-state index in [9.17, 15) is 4.79 Å². The number of rotatable bonds is 6. The van der Waals surface area contributed by atoms with Crippen molar-refractivity contribution in [1.29, 1.82) is 0 Å². The summed E-state index contributed by atoms with van der Waals surface area (Å²) in [6, 6.07) is 7.62. The van der Waals surface area contributed by atoms with Gasteiger partial charge in [-0.25, -0.2) is 0 Å². The van der Waals surface area contributed by atoms with E-state index in [1.54, 1.807) is 0 Å². The van der Waals surface area contributed by atoms with Crippen LogP contribution < -0.4 is 11.1 Å². The number of carbonyl (C=O) groups is 1. The topological polar surface area (TPSA) is 70.9 Å². The van der Waals surface area contributed by atoms with Crippen molar-refractivity contribution in [2.45, 2.75) is 51.0 Å². The number of fused-ring (bicyclic) bond motifs is 1. The van der Waals surface area contributed by atoms with Gasteiger partial charge in [-0.1, -0.05) is 50.3 Å².